The van der Waals surface area contributed by atoms with Gasteiger partial charge in [-0.25, -0.2) is 14.4 Å². The predicted octanol–water partition coefficient (Wildman–Crippen LogP) is 8.58. The van der Waals surface area contributed by atoms with Crippen LogP contribution in [-0.4, -0.2) is 89.8 Å². The Morgan fingerprint density at radius 3 is 0.814 bits per heavy atom. The summed E-state index contributed by atoms with van der Waals surface area (Å²) < 4.78 is 24.8. The van der Waals surface area contributed by atoms with Gasteiger partial charge in [0.25, 0.3) is 0 Å². The highest BCUT2D eigenvalue weighted by Crippen LogP contribution is 2.14. The molecule has 0 saturated carbocycles. The predicted molar refractivity (Wildman–Crippen MR) is 247 cm³/mol. The van der Waals surface area contributed by atoms with Gasteiger partial charge in [0.05, 0.1) is 11.1 Å². The van der Waals surface area contributed by atoms with Crippen molar-refractivity contribution in [1.82, 2.24) is 0 Å². The molecule has 2 heterocycles. The SMILES string of the molecule is CC(=O)c1ccc(C(=O)COC(=O)c2ccc(C(C)=O)cc2)cc1.CC(=O)c1ccc(C(=O)COC(=O)c2ccc(C(C)=O)o2)cc1.CC(=O)c1ccc(C(=O)OCC(=O)c2ccc(C(C)=O)o2)cc1. The maximum atomic E-state index is 12.0. The molecule has 0 amide bonds. The Balaban J connectivity index is 0.000000228. The van der Waals surface area contributed by atoms with Crippen LogP contribution in [0.1, 0.15) is 167 Å². The van der Waals surface area contributed by atoms with E-state index in [1.807, 2.05) is 0 Å². The largest absolute Gasteiger partial charge is 0.454 e. The fourth-order valence-electron chi connectivity index (χ4n) is 5.65. The minimum atomic E-state index is -0.828. The molecule has 2 aromatic heterocycles. The van der Waals surface area contributed by atoms with Crippen molar-refractivity contribution in [3.05, 3.63) is 189 Å². The fourth-order valence-corrected chi connectivity index (χ4v) is 5.65. The molecule has 17 heteroatoms. The maximum Gasteiger partial charge on any atom is 0.374 e. The van der Waals surface area contributed by atoms with Gasteiger partial charge in [0.15, 0.2) is 83.4 Å². The van der Waals surface area contributed by atoms with Crippen LogP contribution in [0.4, 0.5) is 0 Å². The summed E-state index contributed by atoms with van der Waals surface area (Å²) >= 11 is 0. The van der Waals surface area contributed by atoms with E-state index in [1.165, 1.54) is 151 Å². The van der Waals surface area contributed by atoms with Crippen molar-refractivity contribution in [2.45, 2.75) is 41.5 Å². The van der Waals surface area contributed by atoms with Crippen LogP contribution in [0.25, 0.3) is 0 Å². The third kappa shape index (κ3) is 15.8. The molecule has 0 spiro atoms. The summed E-state index contributed by atoms with van der Waals surface area (Å²) in [6.07, 6.45) is 0. The molecule has 358 valence electrons. The third-order valence-corrected chi connectivity index (χ3v) is 9.67. The molecule has 6 aromatic rings. The summed E-state index contributed by atoms with van der Waals surface area (Å²) in [7, 11) is 0. The molecule has 0 aliphatic rings. The Kier molecular flexibility index (Phi) is 19.2. The number of ether oxygens (including phenoxy) is 3. The number of Topliss-reactive ketones (excluding diaryl/α,β-unsaturated/α-hetero) is 9. The van der Waals surface area contributed by atoms with Gasteiger partial charge in [0, 0.05) is 47.2 Å². The molecule has 0 aliphatic heterocycles. The lowest BCUT2D eigenvalue weighted by molar-refractivity contribution is 0.0442. The van der Waals surface area contributed by atoms with E-state index in [4.69, 9.17) is 23.0 Å². The molecule has 0 unspecified atom stereocenters. The molecular formula is C53H44O17. The van der Waals surface area contributed by atoms with Crippen LogP contribution in [0.2, 0.25) is 0 Å². The van der Waals surface area contributed by atoms with Gasteiger partial charge in [-0.15, -0.1) is 0 Å². The highest BCUT2D eigenvalue weighted by atomic mass is 16.6. The molecule has 0 aliphatic carbocycles. The number of esters is 3. The van der Waals surface area contributed by atoms with Crippen LogP contribution >= 0.6 is 0 Å². The first kappa shape index (κ1) is 53.5. The molecule has 17 nitrogen and oxygen atoms in total. The van der Waals surface area contributed by atoms with E-state index in [2.05, 4.69) is 0 Å². The molecule has 0 radical (unpaired) electrons. The second-order valence-corrected chi connectivity index (χ2v) is 15.0. The third-order valence-electron chi connectivity index (χ3n) is 9.67. The zero-order valence-corrected chi connectivity index (χ0v) is 38.6. The summed E-state index contributed by atoms with van der Waals surface area (Å²) in [4.78, 5) is 138. The van der Waals surface area contributed by atoms with Crippen molar-refractivity contribution in [3.8, 4) is 0 Å². The van der Waals surface area contributed by atoms with E-state index in [0.29, 0.717) is 33.4 Å². The van der Waals surface area contributed by atoms with Gasteiger partial charge < -0.3 is 23.0 Å². The minimum absolute atomic E-state index is 0.0445. The average molecular weight is 953 g/mol. The summed E-state index contributed by atoms with van der Waals surface area (Å²) in [6, 6.07) is 29.5. The molecule has 0 atom stereocenters. The minimum Gasteiger partial charge on any atom is -0.454 e. The lowest BCUT2D eigenvalue weighted by Gasteiger charge is -2.05. The van der Waals surface area contributed by atoms with E-state index >= 15 is 0 Å². The Morgan fingerprint density at radius 1 is 0.271 bits per heavy atom. The zero-order valence-electron chi connectivity index (χ0n) is 38.6. The average Bonchev–Trinajstić information content (AvgIpc) is 4.07. The Morgan fingerprint density at radius 2 is 0.514 bits per heavy atom. The quantitative estimate of drug-likeness (QED) is 0.0443. The first-order chi connectivity index (χ1) is 33.1. The number of ketones is 9. The standard InChI is InChI=1S/C19H16O5.2C17H14O6/c1-12(20)14-3-7-16(8-4-14)18(22)11-24-19(23)17-9-5-15(6-10-17)13(2)21;1-10(18)12-3-5-13(6-4-12)17(21)22-9-14(20)16-8-7-15(23-16)11(2)19;1-10(18)12-3-5-13(6-4-12)14(20)9-22-17(21)16-8-7-15(23-16)11(2)19/h3-10H,11H2,1-2H3;2*3-8H,9H2,1-2H3. The van der Waals surface area contributed by atoms with E-state index in [-0.39, 0.29) is 74.7 Å². The van der Waals surface area contributed by atoms with Gasteiger partial charge in [-0.05, 0) is 76.2 Å². The summed E-state index contributed by atoms with van der Waals surface area (Å²) in [5.74, 6) is -4.57. The van der Waals surface area contributed by atoms with Crippen molar-refractivity contribution < 1.29 is 80.6 Å². The second-order valence-electron chi connectivity index (χ2n) is 15.0. The monoisotopic (exact) mass is 952 g/mol. The molecule has 4 aromatic carbocycles. The van der Waals surface area contributed by atoms with Gasteiger partial charge in [0.1, 0.15) is 0 Å². The van der Waals surface area contributed by atoms with Crippen LogP contribution in [0.15, 0.2) is 130 Å². The van der Waals surface area contributed by atoms with Gasteiger partial charge in [-0.2, -0.15) is 0 Å². The first-order valence-electron chi connectivity index (χ1n) is 20.9. The van der Waals surface area contributed by atoms with Gasteiger partial charge in [-0.1, -0.05) is 72.8 Å². The highest BCUT2D eigenvalue weighted by Gasteiger charge is 2.19. The van der Waals surface area contributed by atoms with Crippen LogP contribution in [0.3, 0.4) is 0 Å². The van der Waals surface area contributed by atoms with Gasteiger partial charge in [-0.3, -0.25) is 43.2 Å². The maximum absolute atomic E-state index is 12.0. The van der Waals surface area contributed by atoms with Crippen LogP contribution in [0.5, 0.6) is 0 Å². The summed E-state index contributed by atoms with van der Waals surface area (Å²) in [6.45, 7) is 6.99. The van der Waals surface area contributed by atoms with E-state index < -0.39 is 49.3 Å². The number of carbonyl (C=O) groups is 12. The van der Waals surface area contributed by atoms with Crippen molar-refractivity contribution in [2.24, 2.45) is 0 Å². The number of carbonyl (C=O) groups excluding carboxylic acids is 12. The molecule has 0 saturated heterocycles. The van der Waals surface area contributed by atoms with E-state index in [1.54, 1.807) is 12.1 Å². The lowest BCUT2D eigenvalue weighted by Crippen LogP contribution is -2.14. The number of benzene rings is 4. The molecule has 6 rings (SSSR count). The topological polar surface area (TPSA) is 259 Å². The Hall–Kier alpha value is -9.12. The number of hydrogen-bond donors (Lipinski definition) is 0. The summed E-state index contributed by atoms with van der Waals surface area (Å²) in [5.41, 5.74) is 3.15. The van der Waals surface area contributed by atoms with E-state index in [9.17, 15) is 57.5 Å². The van der Waals surface area contributed by atoms with Crippen LogP contribution in [0, 0.1) is 0 Å². The van der Waals surface area contributed by atoms with Crippen LogP contribution in [-0.2, 0) is 14.2 Å². The van der Waals surface area contributed by atoms with E-state index in [0.717, 1.165) is 0 Å². The first-order valence-corrected chi connectivity index (χ1v) is 20.9. The zero-order chi connectivity index (χ0) is 51.7. The summed E-state index contributed by atoms with van der Waals surface area (Å²) in [5, 5.41) is 0. The Bertz CT molecular complexity index is 2760. The van der Waals surface area contributed by atoms with Crippen LogP contribution < -0.4 is 0 Å². The van der Waals surface area contributed by atoms with Crippen molar-refractivity contribution in [3.63, 3.8) is 0 Å². The van der Waals surface area contributed by atoms with Crippen molar-refractivity contribution in [1.29, 1.82) is 0 Å². The fraction of sp³-hybridized carbons (Fsp3) is 0.170. The Labute approximate surface area is 399 Å². The number of rotatable bonds is 18. The second kappa shape index (κ2) is 25.1. The molecule has 70 heavy (non-hydrogen) atoms. The molecule has 0 bridgehead atoms. The molecule has 0 N–H and O–H groups in total. The van der Waals surface area contributed by atoms with Crippen molar-refractivity contribution >= 4 is 70.0 Å². The normalized spacial score (nSPS) is 10.1. The smallest absolute Gasteiger partial charge is 0.374 e. The number of furan rings is 2. The van der Waals surface area contributed by atoms with Crippen molar-refractivity contribution in [2.75, 3.05) is 19.8 Å². The molecule has 0 fully saturated rings. The van der Waals surface area contributed by atoms with Gasteiger partial charge in [0.2, 0.25) is 11.5 Å². The lowest BCUT2D eigenvalue weighted by atomic mass is 10.1. The molecular weight excluding hydrogens is 909 g/mol. The number of hydrogen-bond acceptors (Lipinski definition) is 17. The van der Waals surface area contributed by atoms with Gasteiger partial charge >= 0.3 is 17.9 Å². The highest BCUT2D eigenvalue weighted by molar-refractivity contribution is 6.03.